The summed E-state index contributed by atoms with van der Waals surface area (Å²) in [6.45, 7) is 3.06. The Morgan fingerprint density at radius 3 is 3.17 bits per heavy atom. The molecule has 0 spiro atoms. The molecule has 1 fully saturated rings. The Balaban J connectivity index is 1.91. The highest BCUT2D eigenvalue weighted by atomic mass is 16.2. The quantitative estimate of drug-likeness (QED) is 0.862. The van der Waals surface area contributed by atoms with Gasteiger partial charge < -0.3 is 9.88 Å². The van der Waals surface area contributed by atoms with E-state index in [0.29, 0.717) is 6.04 Å². The SMILES string of the molecule is CCC1CCCN1C(=O)c1ccc2[nH]ccc2c1. The lowest BCUT2D eigenvalue weighted by molar-refractivity contribution is 0.0734. The largest absolute Gasteiger partial charge is 0.361 e. The van der Waals surface area contributed by atoms with Gasteiger partial charge in [0.15, 0.2) is 0 Å². The average Bonchev–Trinajstić information content (AvgIpc) is 3.05. The number of aromatic amines is 1. The minimum Gasteiger partial charge on any atom is -0.361 e. The number of fused-ring (bicyclic) bond motifs is 1. The molecule has 1 N–H and O–H groups in total. The van der Waals surface area contributed by atoms with Crippen molar-refractivity contribution in [2.24, 2.45) is 0 Å². The van der Waals surface area contributed by atoms with Crippen LogP contribution in [0.2, 0.25) is 0 Å². The van der Waals surface area contributed by atoms with Crippen LogP contribution < -0.4 is 0 Å². The van der Waals surface area contributed by atoms with Gasteiger partial charge in [-0.05, 0) is 43.5 Å². The molecule has 0 radical (unpaired) electrons. The van der Waals surface area contributed by atoms with E-state index in [-0.39, 0.29) is 5.91 Å². The second kappa shape index (κ2) is 4.48. The molecule has 0 aliphatic carbocycles. The molecule has 3 heteroatoms. The second-order valence-electron chi connectivity index (χ2n) is 4.98. The number of amides is 1. The van der Waals surface area contributed by atoms with Gasteiger partial charge in [0.05, 0.1) is 0 Å². The molecule has 2 heterocycles. The van der Waals surface area contributed by atoms with Crippen molar-refractivity contribution in [3.05, 3.63) is 36.0 Å². The third-order valence-corrected chi connectivity index (χ3v) is 3.91. The Morgan fingerprint density at radius 2 is 2.33 bits per heavy atom. The number of hydrogen-bond donors (Lipinski definition) is 1. The van der Waals surface area contributed by atoms with Crippen LogP contribution in [-0.2, 0) is 0 Å². The molecule has 1 aromatic heterocycles. The fraction of sp³-hybridized carbons (Fsp3) is 0.400. The summed E-state index contributed by atoms with van der Waals surface area (Å²) < 4.78 is 0. The highest BCUT2D eigenvalue weighted by Crippen LogP contribution is 2.23. The number of rotatable bonds is 2. The van der Waals surface area contributed by atoms with Gasteiger partial charge >= 0.3 is 0 Å². The summed E-state index contributed by atoms with van der Waals surface area (Å²) in [5.41, 5.74) is 1.89. The summed E-state index contributed by atoms with van der Waals surface area (Å²) in [7, 11) is 0. The number of hydrogen-bond acceptors (Lipinski definition) is 1. The van der Waals surface area contributed by atoms with Crippen molar-refractivity contribution >= 4 is 16.8 Å². The second-order valence-corrected chi connectivity index (χ2v) is 4.98. The van der Waals surface area contributed by atoms with E-state index in [2.05, 4.69) is 11.9 Å². The maximum atomic E-state index is 12.5. The van der Waals surface area contributed by atoms with Gasteiger partial charge in [-0.25, -0.2) is 0 Å². The van der Waals surface area contributed by atoms with Crippen LogP contribution in [-0.4, -0.2) is 28.4 Å². The van der Waals surface area contributed by atoms with Gasteiger partial charge in [0.2, 0.25) is 0 Å². The van der Waals surface area contributed by atoms with Crippen molar-refractivity contribution in [1.29, 1.82) is 0 Å². The average molecular weight is 242 g/mol. The molecule has 1 aliphatic heterocycles. The summed E-state index contributed by atoms with van der Waals surface area (Å²) in [6, 6.07) is 8.33. The Labute approximate surface area is 107 Å². The zero-order valence-electron chi connectivity index (χ0n) is 10.6. The zero-order chi connectivity index (χ0) is 12.5. The van der Waals surface area contributed by atoms with Gasteiger partial charge in [0.1, 0.15) is 0 Å². The van der Waals surface area contributed by atoms with E-state index in [0.717, 1.165) is 42.3 Å². The molecule has 1 unspecified atom stereocenters. The first-order valence-corrected chi connectivity index (χ1v) is 6.67. The van der Waals surface area contributed by atoms with Crippen LogP contribution in [0.5, 0.6) is 0 Å². The van der Waals surface area contributed by atoms with Crippen LogP contribution in [0.25, 0.3) is 10.9 Å². The number of carbonyl (C=O) groups excluding carboxylic acids is 1. The number of H-pyrrole nitrogens is 1. The van der Waals surface area contributed by atoms with Crippen molar-refractivity contribution in [2.45, 2.75) is 32.2 Å². The van der Waals surface area contributed by atoms with Gasteiger partial charge in [0.25, 0.3) is 5.91 Å². The third kappa shape index (κ3) is 1.80. The van der Waals surface area contributed by atoms with Crippen LogP contribution in [0.3, 0.4) is 0 Å². The number of benzene rings is 1. The van der Waals surface area contributed by atoms with E-state index in [1.807, 2.05) is 35.4 Å². The normalized spacial score (nSPS) is 19.6. The number of nitrogens with one attached hydrogen (secondary N) is 1. The van der Waals surface area contributed by atoms with E-state index >= 15 is 0 Å². The summed E-state index contributed by atoms with van der Waals surface area (Å²) in [4.78, 5) is 17.7. The molecule has 1 aromatic carbocycles. The van der Waals surface area contributed by atoms with Gasteiger partial charge in [0, 0.05) is 35.2 Å². The van der Waals surface area contributed by atoms with Crippen molar-refractivity contribution in [2.75, 3.05) is 6.54 Å². The number of aromatic nitrogens is 1. The lowest BCUT2D eigenvalue weighted by Crippen LogP contribution is -2.35. The van der Waals surface area contributed by atoms with E-state index in [4.69, 9.17) is 0 Å². The third-order valence-electron chi connectivity index (χ3n) is 3.91. The molecular weight excluding hydrogens is 224 g/mol. The Kier molecular flexibility index (Phi) is 2.82. The topological polar surface area (TPSA) is 36.1 Å². The maximum absolute atomic E-state index is 12.5. The van der Waals surface area contributed by atoms with E-state index in [1.165, 1.54) is 0 Å². The predicted molar refractivity (Wildman–Crippen MR) is 72.6 cm³/mol. The van der Waals surface area contributed by atoms with E-state index in [1.54, 1.807) is 0 Å². The summed E-state index contributed by atoms with van der Waals surface area (Å²) >= 11 is 0. The number of likely N-dealkylation sites (tertiary alicyclic amines) is 1. The zero-order valence-corrected chi connectivity index (χ0v) is 10.6. The smallest absolute Gasteiger partial charge is 0.254 e. The molecular formula is C15H18N2O. The minimum absolute atomic E-state index is 0.183. The molecule has 1 atom stereocenters. The van der Waals surface area contributed by atoms with Crippen LogP contribution >= 0.6 is 0 Å². The van der Waals surface area contributed by atoms with E-state index in [9.17, 15) is 4.79 Å². The van der Waals surface area contributed by atoms with Crippen molar-refractivity contribution in [1.82, 2.24) is 9.88 Å². The molecule has 0 saturated carbocycles. The summed E-state index contributed by atoms with van der Waals surface area (Å²) in [6.07, 6.45) is 5.24. The highest BCUT2D eigenvalue weighted by Gasteiger charge is 2.27. The van der Waals surface area contributed by atoms with Gasteiger partial charge in [-0.15, -0.1) is 0 Å². The van der Waals surface area contributed by atoms with Gasteiger partial charge in [-0.2, -0.15) is 0 Å². The monoisotopic (exact) mass is 242 g/mol. The highest BCUT2D eigenvalue weighted by molar-refractivity contribution is 5.98. The lowest BCUT2D eigenvalue weighted by Gasteiger charge is -2.23. The van der Waals surface area contributed by atoms with Crippen LogP contribution in [0.15, 0.2) is 30.5 Å². The van der Waals surface area contributed by atoms with Crippen LogP contribution in [0.1, 0.15) is 36.5 Å². The van der Waals surface area contributed by atoms with Gasteiger partial charge in [-0.1, -0.05) is 6.92 Å². The first-order valence-electron chi connectivity index (χ1n) is 6.67. The lowest BCUT2D eigenvalue weighted by atomic mass is 10.1. The fourth-order valence-electron chi connectivity index (χ4n) is 2.88. The molecule has 0 bridgehead atoms. The Hall–Kier alpha value is -1.77. The molecule has 1 saturated heterocycles. The summed E-state index contributed by atoms with van der Waals surface area (Å²) in [5.74, 6) is 0.183. The van der Waals surface area contributed by atoms with Crippen LogP contribution in [0, 0.1) is 0 Å². The molecule has 94 valence electrons. The Morgan fingerprint density at radius 1 is 1.44 bits per heavy atom. The van der Waals surface area contributed by atoms with Crippen molar-refractivity contribution < 1.29 is 4.79 Å². The maximum Gasteiger partial charge on any atom is 0.254 e. The number of carbonyl (C=O) groups is 1. The standard InChI is InChI=1S/C15H18N2O/c1-2-13-4-3-9-17(13)15(18)12-5-6-14-11(10-12)7-8-16-14/h5-8,10,13,16H,2-4,9H2,1H3. The first kappa shape index (κ1) is 11.3. The first-order chi connectivity index (χ1) is 8.79. The molecule has 18 heavy (non-hydrogen) atoms. The van der Waals surface area contributed by atoms with Crippen molar-refractivity contribution in [3.8, 4) is 0 Å². The minimum atomic E-state index is 0.183. The molecule has 2 aromatic rings. The molecule has 1 amide bonds. The van der Waals surface area contributed by atoms with Crippen molar-refractivity contribution in [3.63, 3.8) is 0 Å². The molecule has 3 nitrogen and oxygen atoms in total. The van der Waals surface area contributed by atoms with Gasteiger partial charge in [-0.3, -0.25) is 4.79 Å². The summed E-state index contributed by atoms with van der Waals surface area (Å²) in [5, 5.41) is 1.10. The van der Waals surface area contributed by atoms with E-state index < -0.39 is 0 Å². The Bertz CT molecular complexity index is 573. The fourth-order valence-corrected chi connectivity index (χ4v) is 2.88. The molecule has 1 aliphatic rings. The number of nitrogens with zero attached hydrogens (tertiary/aromatic N) is 1. The predicted octanol–water partition coefficient (Wildman–Crippen LogP) is 3.18. The molecule has 3 rings (SSSR count). The van der Waals surface area contributed by atoms with Crippen LogP contribution in [0.4, 0.5) is 0 Å².